The van der Waals surface area contributed by atoms with Gasteiger partial charge in [0.15, 0.2) is 12.2 Å². The molecular weight excluding hydrogens is 264 g/mol. The average Bonchev–Trinajstić information content (AvgIpc) is 2.30. The Bertz CT molecular complexity index is 247. The van der Waals surface area contributed by atoms with Gasteiger partial charge in [0.1, 0.15) is 0 Å². The van der Waals surface area contributed by atoms with Crippen LogP contribution in [-0.4, -0.2) is 58.4 Å². The van der Waals surface area contributed by atoms with Crippen LogP contribution in [0.4, 0.5) is 0 Å². The summed E-state index contributed by atoms with van der Waals surface area (Å²) < 4.78 is 4.76. The number of aliphatic carboxylic acids is 1. The van der Waals surface area contributed by atoms with Gasteiger partial charge in [-0.3, -0.25) is 0 Å². The number of hydrogen-bond acceptors (Lipinski definition) is 6. The number of ether oxygens (including phenoxy) is 1. The van der Waals surface area contributed by atoms with Crippen molar-refractivity contribution in [3.63, 3.8) is 0 Å². The van der Waals surface area contributed by atoms with Crippen LogP contribution in [0.3, 0.4) is 0 Å². The van der Waals surface area contributed by atoms with Crippen molar-refractivity contribution in [1.29, 1.82) is 0 Å². The van der Waals surface area contributed by atoms with E-state index >= 15 is 0 Å². The number of thioether (sulfide) groups is 2. The summed E-state index contributed by atoms with van der Waals surface area (Å²) in [4.78, 5) is 22.2. The first-order valence-electron chi connectivity index (χ1n) is 5.12. The van der Waals surface area contributed by atoms with E-state index < -0.39 is 24.1 Å². The standard InChI is InChI=1S/C10H18O5S2/c1-16-5-3-7(11)10(14)15-8(9(12)13)4-6-17-2/h7-8,11H,3-6H2,1-2H3,(H,12,13). The zero-order valence-electron chi connectivity index (χ0n) is 9.92. The quantitative estimate of drug-likeness (QED) is 0.606. The molecule has 5 nitrogen and oxygen atoms in total. The number of carboxylic acid groups (broad SMARTS) is 1. The minimum Gasteiger partial charge on any atom is -0.479 e. The molecule has 0 radical (unpaired) electrons. The number of aliphatic hydroxyl groups excluding tert-OH is 1. The topological polar surface area (TPSA) is 83.8 Å². The molecule has 0 saturated carbocycles. The highest BCUT2D eigenvalue weighted by Gasteiger charge is 2.25. The van der Waals surface area contributed by atoms with Crippen molar-refractivity contribution in [3.8, 4) is 0 Å². The molecule has 0 aromatic carbocycles. The van der Waals surface area contributed by atoms with Gasteiger partial charge in [0.2, 0.25) is 0 Å². The summed E-state index contributed by atoms with van der Waals surface area (Å²) >= 11 is 2.98. The highest BCUT2D eigenvalue weighted by atomic mass is 32.2. The molecule has 0 amide bonds. The second kappa shape index (κ2) is 9.61. The maximum absolute atomic E-state index is 11.4. The number of esters is 1. The van der Waals surface area contributed by atoms with E-state index in [1.807, 2.05) is 12.5 Å². The van der Waals surface area contributed by atoms with Crippen LogP contribution in [-0.2, 0) is 14.3 Å². The van der Waals surface area contributed by atoms with Gasteiger partial charge in [0.25, 0.3) is 0 Å². The predicted octanol–water partition coefficient (Wildman–Crippen LogP) is 0.850. The van der Waals surface area contributed by atoms with Crippen molar-refractivity contribution >= 4 is 35.5 Å². The minimum atomic E-state index is -1.24. The summed E-state index contributed by atoms with van der Waals surface area (Å²) in [6.07, 6.45) is 1.81. The van der Waals surface area contributed by atoms with Crippen LogP contribution in [0.5, 0.6) is 0 Å². The maximum Gasteiger partial charge on any atom is 0.345 e. The van der Waals surface area contributed by atoms with Crippen molar-refractivity contribution in [1.82, 2.24) is 0 Å². The van der Waals surface area contributed by atoms with Crippen molar-refractivity contribution in [2.24, 2.45) is 0 Å². The van der Waals surface area contributed by atoms with Crippen LogP contribution in [0.2, 0.25) is 0 Å². The lowest BCUT2D eigenvalue weighted by atomic mass is 10.2. The Balaban J connectivity index is 4.15. The third kappa shape index (κ3) is 7.51. The van der Waals surface area contributed by atoms with Crippen LogP contribution < -0.4 is 0 Å². The first-order valence-corrected chi connectivity index (χ1v) is 7.91. The Kier molecular flexibility index (Phi) is 9.39. The van der Waals surface area contributed by atoms with E-state index in [-0.39, 0.29) is 12.8 Å². The van der Waals surface area contributed by atoms with Crippen LogP contribution in [0.15, 0.2) is 0 Å². The van der Waals surface area contributed by atoms with Gasteiger partial charge in [-0.05, 0) is 30.4 Å². The Morgan fingerprint density at radius 2 is 1.71 bits per heavy atom. The Morgan fingerprint density at radius 1 is 1.18 bits per heavy atom. The second-order valence-corrected chi connectivity index (χ2v) is 5.31. The minimum absolute atomic E-state index is 0.248. The van der Waals surface area contributed by atoms with Gasteiger partial charge in [-0.2, -0.15) is 23.5 Å². The number of hydrogen-bond donors (Lipinski definition) is 2. The zero-order chi connectivity index (χ0) is 13.3. The van der Waals surface area contributed by atoms with Gasteiger partial charge < -0.3 is 14.9 Å². The van der Waals surface area contributed by atoms with Gasteiger partial charge in [-0.25, -0.2) is 9.59 Å². The van der Waals surface area contributed by atoms with Crippen LogP contribution in [0.25, 0.3) is 0 Å². The average molecular weight is 282 g/mol. The molecule has 0 rings (SSSR count). The van der Waals surface area contributed by atoms with E-state index in [4.69, 9.17) is 9.84 Å². The van der Waals surface area contributed by atoms with Gasteiger partial charge in [0, 0.05) is 6.42 Å². The van der Waals surface area contributed by atoms with E-state index in [0.29, 0.717) is 11.5 Å². The van der Waals surface area contributed by atoms with E-state index in [1.54, 1.807) is 0 Å². The monoisotopic (exact) mass is 282 g/mol. The van der Waals surface area contributed by atoms with E-state index in [9.17, 15) is 14.7 Å². The third-order valence-electron chi connectivity index (χ3n) is 1.99. The zero-order valence-corrected chi connectivity index (χ0v) is 11.6. The highest BCUT2D eigenvalue weighted by Crippen LogP contribution is 2.08. The van der Waals surface area contributed by atoms with Crippen molar-refractivity contribution < 1.29 is 24.5 Å². The fraction of sp³-hybridized carbons (Fsp3) is 0.800. The number of carbonyl (C=O) groups is 2. The Morgan fingerprint density at radius 3 is 2.18 bits per heavy atom. The summed E-state index contributed by atoms with van der Waals surface area (Å²) in [5.74, 6) is -0.818. The molecule has 0 saturated heterocycles. The molecule has 0 aliphatic carbocycles. The van der Waals surface area contributed by atoms with Crippen LogP contribution in [0.1, 0.15) is 12.8 Å². The lowest BCUT2D eigenvalue weighted by molar-refractivity contribution is -0.170. The predicted molar refractivity (Wildman–Crippen MR) is 69.5 cm³/mol. The van der Waals surface area contributed by atoms with Crippen molar-refractivity contribution in [2.45, 2.75) is 25.0 Å². The van der Waals surface area contributed by atoms with Gasteiger partial charge in [-0.15, -0.1) is 0 Å². The molecule has 0 bridgehead atoms. The molecule has 0 aromatic heterocycles. The Labute approximate surface area is 109 Å². The molecule has 2 unspecified atom stereocenters. The molecular formula is C10H18O5S2. The summed E-state index contributed by atoms with van der Waals surface area (Å²) in [7, 11) is 0. The number of aliphatic hydroxyl groups is 1. The van der Waals surface area contributed by atoms with E-state index in [1.165, 1.54) is 23.5 Å². The van der Waals surface area contributed by atoms with Gasteiger partial charge >= 0.3 is 11.9 Å². The molecule has 0 aromatic rings. The SMILES string of the molecule is CSCCC(O)C(=O)OC(CCSC)C(=O)O. The third-order valence-corrected chi connectivity index (χ3v) is 3.27. The lowest BCUT2D eigenvalue weighted by Gasteiger charge is -2.15. The first kappa shape index (κ1) is 16.6. The molecule has 0 fully saturated rings. The first-order chi connectivity index (χ1) is 8.02. The van der Waals surface area contributed by atoms with Crippen molar-refractivity contribution in [2.75, 3.05) is 24.0 Å². The fourth-order valence-corrected chi connectivity index (χ4v) is 1.93. The maximum atomic E-state index is 11.4. The van der Waals surface area contributed by atoms with Crippen LogP contribution >= 0.6 is 23.5 Å². The van der Waals surface area contributed by atoms with Gasteiger partial charge in [0.05, 0.1) is 0 Å². The number of carboxylic acids is 1. The van der Waals surface area contributed by atoms with Crippen molar-refractivity contribution in [3.05, 3.63) is 0 Å². The number of carbonyl (C=O) groups excluding carboxylic acids is 1. The molecule has 0 aliphatic heterocycles. The van der Waals surface area contributed by atoms with Gasteiger partial charge in [-0.1, -0.05) is 0 Å². The molecule has 2 atom stereocenters. The molecule has 17 heavy (non-hydrogen) atoms. The largest absolute Gasteiger partial charge is 0.479 e. The highest BCUT2D eigenvalue weighted by molar-refractivity contribution is 7.98. The van der Waals surface area contributed by atoms with E-state index in [0.717, 1.165) is 0 Å². The molecule has 0 heterocycles. The lowest BCUT2D eigenvalue weighted by Crippen LogP contribution is -2.33. The summed E-state index contributed by atoms with van der Waals surface area (Å²) in [6, 6.07) is 0. The second-order valence-electron chi connectivity index (χ2n) is 3.34. The Hall–Kier alpha value is -0.400. The molecule has 0 spiro atoms. The number of rotatable bonds is 9. The fourth-order valence-electron chi connectivity index (χ4n) is 1.02. The smallest absolute Gasteiger partial charge is 0.345 e. The molecule has 2 N–H and O–H groups in total. The molecule has 100 valence electrons. The summed E-state index contributed by atoms with van der Waals surface area (Å²) in [5.41, 5.74) is 0. The van der Waals surface area contributed by atoms with E-state index in [2.05, 4.69) is 0 Å². The van der Waals surface area contributed by atoms with Crippen LogP contribution in [0, 0.1) is 0 Å². The summed E-state index contributed by atoms with van der Waals surface area (Å²) in [6.45, 7) is 0. The normalized spacial score (nSPS) is 14.1. The summed E-state index contributed by atoms with van der Waals surface area (Å²) in [5, 5.41) is 18.3. The molecule has 0 aliphatic rings. The molecule has 7 heteroatoms.